The zero-order chi connectivity index (χ0) is 25.3. The number of benzene rings is 1. The summed E-state index contributed by atoms with van der Waals surface area (Å²) in [6.45, 7) is 9.54. The zero-order valence-electron chi connectivity index (χ0n) is 20.3. The van der Waals surface area contributed by atoms with Crippen LogP contribution in [0.1, 0.15) is 61.4 Å². The monoisotopic (exact) mass is 495 g/mol. The molecule has 11 nitrogen and oxygen atoms in total. The van der Waals surface area contributed by atoms with Gasteiger partial charge in [-0.15, -0.1) is 0 Å². The second-order valence-electron chi connectivity index (χ2n) is 9.17. The summed E-state index contributed by atoms with van der Waals surface area (Å²) in [5.41, 5.74) is 2.69. The van der Waals surface area contributed by atoms with Crippen molar-refractivity contribution in [2.24, 2.45) is 7.05 Å². The lowest BCUT2D eigenvalue weighted by atomic mass is 9.97. The van der Waals surface area contributed by atoms with E-state index in [-0.39, 0.29) is 17.3 Å². The number of anilines is 2. The van der Waals surface area contributed by atoms with E-state index < -0.39 is 5.91 Å². The van der Waals surface area contributed by atoms with Crippen LogP contribution in [0.5, 0.6) is 0 Å². The van der Waals surface area contributed by atoms with Crippen LogP contribution in [0.4, 0.5) is 11.6 Å². The molecule has 12 heteroatoms. The molecule has 1 aromatic carbocycles. The topological polar surface area (TPSA) is 137 Å². The standard InChI is InChI=1S/C23H26ClN9O2/c1-12-15(13(2)28-20(34)19-30-21(35-32-19)23(3,4)5)7-8-16(17(12)24)18-25-11-26-22(31-18)29-14-9-27-33(6)10-14/h7-11,13H,1-6H3,(H,28,34)(H,25,26,29,31). The van der Waals surface area contributed by atoms with Crippen molar-refractivity contribution >= 4 is 29.1 Å². The molecule has 1 unspecified atom stereocenters. The molecule has 1 amide bonds. The first kappa shape index (κ1) is 24.3. The Morgan fingerprint density at radius 1 is 1.20 bits per heavy atom. The molecular formula is C23H26ClN9O2. The van der Waals surface area contributed by atoms with Crippen molar-refractivity contribution in [2.45, 2.75) is 46.1 Å². The number of aromatic nitrogens is 7. The van der Waals surface area contributed by atoms with Crippen molar-refractivity contribution in [1.82, 2.24) is 40.2 Å². The molecule has 0 bridgehead atoms. The van der Waals surface area contributed by atoms with Crippen LogP contribution in [-0.4, -0.2) is 40.8 Å². The maximum atomic E-state index is 12.7. The Balaban J connectivity index is 1.53. The summed E-state index contributed by atoms with van der Waals surface area (Å²) >= 11 is 6.71. The van der Waals surface area contributed by atoms with E-state index in [9.17, 15) is 4.79 Å². The minimum absolute atomic E-state index is 0.0130. The van der Waals surface area contributed by atoms with Crippen molar-refractivity contribution in [3.63, 3.8) is 0 Å². The summed E-state index contributed by atoms with van der Waals surface area (Å²) in [6.07, 6.45) is 4.90. The summed E-state index contributed by atoms with van der Waals surface area (Å²) in [4.78, 5) is 29.8. The Morgan fingerprint density at radius 3 is 2.63 bits per heavy atom. The number of nitrogens with one attached hydrogen (secondary N) is 2. The smallest absolute Gasteiger partial charge is 0.293 e. The van der Waals surface area contributed by atoms with E-state index in [4.69, 9.17) is 16.1 Å². The molecule has 0 fully saturated rings. The predicted octanol–water partition coefficient (Wildman–Crippen LogP) is 4.15. The fourth-order valence-electron chi connectivity index (χ4n) is 3.40. The van der Waals surface area contributed by atoms with Crippen molar-refractivity contribution in [1.29, 1.82) is 0 Å². The first-order chi connectivity index (χ1) is 16.5. The van der Waals surface area contributed by atoms with Crippen LogP contribution in [0.25, 0.3) is 11.4 Å². The normalized spacial score (nSPS) is 12.4. The maximum Gasteiger partial charge on any atom is 0.293 e. The highest BCUT2D eigenvalue weighted by Crippen LogP contribution is 2.33. The molecule has 1 atom stereocenters. The average Bonchev–Trinajstić information content (AvgIpc) is 3.45. The maximum absolute atomic E-state index is 12.7. The van der Waals surface area contributed by atoms with Crippen molar-refractivity contribution in [2.75, 3.05) is 5.32 Å². The fourth-order valence-corrected chi connectivity index (χ4v) is 3.66. The van der Waals surface area contributed by atoms with Crippen LogP contribution in [0.15, 0.2) is 35.4 Å². The Hall–Kier alpha value is -3.86. The van der Waals surface area contributed by atoms with E-state index in [1.807, 2.05) is 60.0 Å². The lowest BCUT2D eigenvalue weighted by Gasteiger charge is -2.18. The largest absolute Gasteiger partial charge is 0.343 e. The summed E-state index contributed by atoms with van der Waals surface area (Å²) in [6, 6.07) is 3.35. The molecule has 4 rings (SSSR count). The molecule has 0 aliphatic carbocycles. The minimum atomic E-state index is -0.431. The molecular weight excluding hydrogens is 470 g/mol. The molecule has 4 aromatic rings. The van der Waals surface area contributed by atoms with Gasteiger partial charge in [-0.3, -0.25) is 9.48 Å². The van der Waals surface area contributed by atoms with Crippen LogP contribution in [0, 0.1) is 6.92 Å². The molecule has 0 aliphatic rings. The van der Waals surface area contributed by atoms with Gasteiger partial charge in [0.1, 0.15) is 6.33 Å². The predicted molar refractivity (Wildman–Crippen MR) is 130 cm³/mol. The summed E-state index contributed by atoms with van der Waals surface area (Å²) in [7, 11) is 1.82. The van der Waals surface area contributed by atoms with E-state index in [2.05, 4.69) is 40.8 Å². The van der Waals surface area contributed by atoms with Gasteiger partial charge in [-0.25, -0.2) is 9.97 Å². The van der Waals surface area contributed by atoms with Crippen LogP contribution in [0.2, 0.25) is 5.02 Å². The quantitative estimate of drug-likeness (QED) is 0.404. The zero-order valence-corrected chi connectivity index (χ0v) is 21.0. The number of carbonyl (C=O) groups is 1. The number of hydrogen-bond acceptors (Lipinski definition) is 9. The van der Waals surface area contributed by atoms with Crippen molar-refractivity contribution in [3.8, 4) is 11.4 Å². The summed E-state index contributed by atoms with van der Waals surface area (Å²) in [5, 5.41) is 14.4. The number of halogens is 1. The Labute approximate surface area is 207 Å². The first-order valence-electron chi connectivity index (χ1n) is 10.9. The molecule has 0 aliphatic heterocycles. The average molecular weight is 496 g/mol. The van der Waals surface area contributed by atoms with Crippen LogP contribution >= 0.6 is 11.6 Å². The van der Waals surface area contributed by atoms with E-state index >= 15 is 0 Å². The van der Waals surface area contributed by atoms with Gasteiger partial charge in [-0.05, 0) is 31.0 Å². The Morgan fingerprint density at radius 2 is 1.97 bits per heavy atom. The molecule has 2 N–H and O–H groups in total. The van der Waals surface area contributed by atoms with Gasteiger partial charge in [0.15, 0.2) is 5.82 Å². The lowest BCUT2D eigenvalue weighted by Crippen LogP contribution is -2.28. The van der Waals surface area contributed by atoms with Crippen molar-refractivity contribution < 1.29 is 9.32 Å². The van der Waals surface area contributed by atoms with Gasteiger partial charge in [-0.1, -0.05) is 43.6 Å². The van der Waals surface area contributed by atoms with E-state index in [0.717, 1.165) is 16.8 Å². The molecule has 0 saturated carbocycles. The minimum Gasteiger partial charge on any atom is -0.343 e. The van der Waals surface area contributed by atoms with E-state index in [0.29, 0.717) is 28.2 Å². The number of carbonyl (C=O) groups excluding carboxylic acids is 1. The molecule has 35 heavy (non-hydrogen) atoms. The van der Waals surface area contributed by atoms with Crippen molar-refractivity contribution in [3.05, 3.63) is 58.7 Å². The Bertz CT molecular complexity index is 1370. The van der Waals surface area contributed by atoms with Gasteiger partial charge in [0, 0.05) is 24.2 Å². The van der Waals surface area contributed by atoms with Gasteiger partial charge in [-0.2, -0.15) is 15.1 Å². The Kier molecular flexibility index (Phi) is 6.53. The molecule has 182 valence electrons. The summed E-state index contributed by atoms with van der Waals surface area (Å²) < 4.78 is 6.89. The van der Waals surface area contributed by atoms with Crippen LogP contribution in [-0.2, 0) is 12.5 Å². The van der Waals surface area contributed by atoms with E-state index in [1.165, 1.54) is 6.33 Å². The number of nitrogens with zero attached hydrogens (tertiary/aromatic N) is 7. The second-order valence-corrected chi connectivity index (χ2v) is 9.55. The number of rotatable bonds is 6. The third kappa shape index (κ3) is 5.29. The highest BCUT2D eigenvalue weighted by atomic mass is 35.5. The van der Waals surface area contributed by atoms with E-state index in [1.54, 1.807) is 10.9 Å². The SMILES string of the molecule is Cc1c(C(C)NC(=O)c2noc(C(C)(C)C)n2)ccc(-c2ncnc(Nc3cnn(C)c3)n2)c1Cl. The molecule has 3 heterocycles. The number of hydrogen-bond donors (Lipinski definition) is 2. The summed E-state index contributed by atoms with van der Waals surface area (Å²) in [5.74, 6) is 0.745. The van der Waals surface area contributed by atoms with Gasteiger partial charge in [0.2, 0.25) is 11.8 Å². The number of aryl methyl sites for hydroxylation is 1. The van der Waals surface area contributed by atoms with Crippen LogP contribution in [0.3, 0.4) is 0 Å². The molecule has 0 saturated heterocycles. The lowest BCUT2D eigenvalue weighted by molar-refractivity contribution is 0.0926. The van der Waals surface area contributed by atoms with Crippen LogP contribution < -0.4 is 10.6 Å². The van der Waals surface area contributed by atoms with Gasteiger partial charge < -0.3 is 15.2 Å². The first-order valence-corrected chi connectivity index (χ1v) is 11.3. The van der Waals surface area contributed by atoms with Gasteiger partial charge in [0.05, 0.1) is 22.9 Å². The molecule has 0 radical (unpaired) electrons. The third-order valence-corrected chi connectivity index (χ3v) is 5.77. The van der Waals surface area contributed by atoms with Gasteiger partial charge in [0.25, 0.3) is 11.7 Å². The second kappa shape index (κ2) is 9.41. The molecule has 3 aromatic heterocycles. The molecule has 0 spiro atoms. The highest BCUT2D eigenvalue weighted by molar-refractivity contribution is 6.34. The van der Waals surface area contributed by atoms with Gasteiger partial charge >= 0.3 is 0 Å². The third-order valence-electron chi connectivity index (χ3n) is 5.29. The number of amides is 1. The fraction of sp³-hybridized carbons (Fsp3) is 0.348. The highest BCUT2D eigenvalue weighted by Gasteiger charge is 2.25.